The second-order valence-electron chi connectivity index (χ2n) is 5.10. The van der Waals surface area contributed by atoms with Crippen molar-refractivity contribution in [3.8, 4) is 28.8 Å². The third-order valence-corrected chi connectivity index (χ3v) is 3.63. The van der Waals surface area contributed by atoms with Crippen molar-refractivity contribution in [2.75, 3.05) is 14.2 Å². The molecule has 0 amide bonds. The highest BCUT2D eigenvalue weighted by Gasteiger charge is 2.19. The van der Waals surface area contributed by atoms with Gasteiger partial charge >= 0.3 is 0 Å². The summed E-state index contributed by atoms with van der Waals surface area (Å²) in [5.74, 6) is 2.70. The first-order chi connectivity index (χ1) is 11.2. The zero-order valence-electron chi connectivity index (χ0n) is 13.6. The number of pyridine rings is 1. The Morgan fingerprint density at radius 1 is 0.913 bits per heavy atom. The van der Waals surface area contributed by atoms with Gasteiger partial charge in [0, 0.05) is 6.07 Å². The molecular weight excluding hydrogens is 292 g/mol. The van der Waals surface area contributed by atoms with E-state index < -0.39 is 0 Å². The van der Waals surface area contributed by atoms with Gasteiger partial charge in [0.15, 0.2) is 5.82 Å². The highest BCUT2D eigenvalue weighted by Crippen LogP contribution is 2.31. The molecule has 0 aliphatic rings. The predicted octanol–water partition coefficient (Wildman–Crippen LogP) is 2.96. The fourth-order valence-corrected chi connectivity index (χ4v) is 2.53. The van der Waals surface area contributed by atoms with Crippen molar-refractivity contribution in [3.63, 3.8) is 0 Å². The molecule has 0 saturated carbocycles. The summed E-state index contributed by atoms with van der Waals surface area (Å²) >= 11 is 0. The summed E-state index contributed by atoms with van der Waals surface area (Å²) in [6, 6.07) is 11.5. The Morgan fingerprint density at radius 3 is 2.43 bits per heavy atom. The van der Waals surface area contributed by atoms with E-state index in [0.29, 0.717) is 17.4 Å². The van der Waals surface area contributed by atoms with Gasteiger partial charge in [0.25, 0.3) is 0 Å². The van der Waals surface area contributed by atoms with Gasteiger partial charge in [-0.3, -0.25) is 4.57 Å². The molecule has 0 aliphatic heterocycles. The lowest BCUT2D eigenvalue weighted by molar-refractivity contribution is 0.398. The summed E-state index contributed by atoms with van der Waals surface area (Å²) < 4.78 is 12.7. The van der Waals surface area contributed by atoms with Gasteiger partial charge in [-0.1, -0.05) is 18.2 Å². The molecule has 0 unspecified atom stereocenters. The van der Waals surface area contributed by atoms with E-state index in [1.165, 1.54) is 0 Å². The van der Waals surface area contributed by atoms with Gasteiger partial charge in [0.05, 0.1) is 19.9 Å². The van der Waals surface area contributed by atoms with Crippen molar-refractivity contribution < 1.29 is 9.47 Å². The maximum atomic E-state index is 5.52. The van der Waals surface area contributed by atoms with Gasteiger partial charge in [-0.2, -0.15) is 0 Å². The zero-order valence-corrected chi connectivity index (χ0v) is 13.6. The molecule has 0 radical (unpaired) electrons. The minimum Gasteiger partial charge on any atom is -0.495 e. The number of hydrogen-bond donors (Lipinski definition) is 0. The fourth-order valence-electron chi connectivity index (χ4n) is 2.53. The minimum atomic E-state index is 0.534. The van der Waals surface area contributed by atoms with Crippen molar-refractivity contribution in [1.29, 1.82) is 0 Å². The molecule has 0 bridgehead atoms. The predicted molar refractivity (Wildman–Crippen MR) is 87.2 cm³/mol. The minimum absolute atomic E-state index is 0.534. The van der Waals surface area contributed by atoms with E-state index in [0.717, 1.165) is 22.8 Å². The normalized spacial score (nSPS) is 10.6. The Bertz CT molecular complexity index is 842. The molecule has 0 N–H and O–H groups in total. The van der Waals surface area contributed by atoms with E-state index in [-0.39, 0.29) is 0 Å². The van der Waals surface area contributed by atoms with E-state index in [4.69, 9.17) is 9.47 Å². The molecule has 2 aromatic heterocycles. The van der Waals surface area contributed by atoms with Crippen LogP contribution in [0.5, 0.6) is 11.6 Å². The van der Waals surface area contributed by atoms with Crippen LogP contribution in [0.3, 0.4) is 0 Å². The van der Waals surface area contributed by atoms with E-state index in [1.807, 2.05) is 48.7 Å². The van der Waals surface area contributed by atoms with Crippen molar-refractivity contribution in [1.82, 2.24) is 19.7 Å². The number of ether oxygens (including phenoxy) is 2. The van der Waals surface area contributed by atoms with Crippen LogP contribution in [0.2, 0.25) is 0 Å². The first-order valence-corrected chi connectivity index (χ1v) is 7.23. The van der Waals surface area contributed by atoms with Crippen LogP contribution < -0.4 is 9.47 Å². The van der Waals surface area contributed by atoms with Gasteiger partial charge in [0.1, 0.15) is 17.3 Å². The molecule has 6 heteroatoms. The maximum absolute atomic E-state index is 5.52. The van der Waals surface area contributed by atoms with Gasteiger partial charge in [-0.05, 0) is 31.5 Å². The lowest BCUT2D eigenvalue weighted by Gasteiger charge is -2.15. The Hall–Kier alpha value is -2.89. The summed E-state index contributed by atoms with van der Waals surface area (Å²) in [4.78, 5) is 4.46. The molecular formula is C17H18N4O2. The molecule has 6 nitrogen and oxygen atoms in total. The molecule has 118 valence electrons. The van der Waals surface area contributed by atoms with Gasteiger partial charge in [0.2, 0.25) is 5.88 Å². The highest BCUT2D eigenvalue weighted by atomic mass is 16.5. The molecule has 23 heavy (non-hydrogen) atoms. The van der Waals surface area contributed by atoms with Crippen LogP contribution in [0, 0.1) is 13.8 Å². The lowest BCUT2D eigenvalue weighted by atomic mass is 10.1. The number of methoxy groups -OCH3 is 2. The van der Waals surface area contributed by atoms with Crippen LogP contribution in [-0.2, 0) is 0 Å². The number of hydrogen-bond acceptors (Lipinski definition) is 5. The lowest BCUT2D eigenvalue weighted by Crippen LogP contribution is -2.05. The van der Waals surface area contributed by atoms with E-state index in [9.17, 15) is 0 Å². The number of benzene rings is 1. The quantitative estimate of drug-likeness (QED) is 0.741. The third-order valence-electron chi connectivity index (χ3n) is 3.63. The van der Waals surface area contributed by atoms with Crippen molar-refractivity contribution >= 4 is 0 Å². The largest absolute Gasteiger partial charge is 0.495 e. The molecule has 0 saturated heterocycles. The van der Waals surface area contributed by atoms with Gasteiger partial charge in [-0.25, -0.2) is 4.98 Å². The number of nitrogens with zero attached hydrogens (tertiary/aromatic N) is 4. The molecule has 0 aliphatic carbocycles. The molecule has 0 spiro atoms. The summed E-state index contributed by atoms with van der Waals surface area (Å²) in [6.45, 7) is 3.93. The van der Waals surface area contributed by atoms with E-state index in [1.54, 1.807) is 20.3 Å². The Labute approximate surface area is 134 Å². The van der Waals surface area contributed by atoms with E-state index in [2.05, 4.69) is 15.2 Å². The highest BCUT2D eigenvalue weighted by molar-refractivity contribution is 5.61. The van der Waals surface area contributed by atoms with Crippen LogP contribution >= 0.6 is 0 Å². The summed E-state index contributed by atoms with van der Waals surface area (Å²) in [5, 5.41) is 8.51. The molecule has 3 aromatic rings. The summed E-state index contributed by atoms with van der Waals surface area (Å²) in [6.07, 6.45) is 0. The molecule has 0 fully saturated rings. The summed E-state index contributed by atoms with van der Waals surface area (Å²) in [7, 11) is 3.24. The van der Waals surface area contributed by atoms with Crippen LogP contribution in [-0.4, -0.2) is 34.0 Å². The van der Waals surface area contributed by atoms with Gasteiger partial charge < -0.3 is 9.47 Å². The third kappa shape index (κ3) is 2.63. The number of aryl methyl sites for hydroxylation is 2. The fraction of sp³-hybridized carbons (Fsp3) is 0.235. The number of aromatic nitrogens is 4. The molecule has 1 aromatic carbocycles. The molecule has 0 atom stereocenters. The first kappa shape index (κ1) is 15.0. The first-order valence-electron chi connectivity index (χ1n) is 7.23. The summed E-state index contributed by atoms with van der Waals surface area (Å²) in [5.41, 5.74) is 2.67. The van der Waals surface area contributed by atoms with Crippen LogP contribution in [0.1, 0.15) is 11.4 Å². The van der Waals surface area contributed by atoms with Crippen LogP contribution in [0.25, 0.3) is 17.2 Å². The Kier molecular flexibility index (Phi) is 3.97. The zero-order chi connectivity index (χ0) is 16.4. The topological polar surface area (TPSA) is 62.1 Å². The van der Waals surface area contributed by atoms with Crippen LogP contribution in [0.4, 0.5) is 0 Å². The van der Waals surface area contributed by atoms with Crippen molar-refractivity contribution in [3.05, 3.63) is 47.8 Å². The second kappa shape index (κ2) is 6.08. The average Bonchev–Trinajstić information content (AvgIpc) is 2.96. The van der Waals surface area contributed by atoms with Crippen LogP contribution in [0.15, 0.2) is 36.4 Å². The second-order valence-corrected chi connectivity index (χ2v) is 5.10. The molecule has 2 heterocycles. The number of rotatable bonds is 4. The monoisotopic (exact) mass is 310 g/mol. The Balaban J connectivity index is 2.25. The Morgan fingerprint density at radius 2 is 1.70 bits per heavy atom. The van der Waals surface area contributed by atoms with Gasteiger partial charge in [-0.15, -0.1) is 10.2 Å². The number of para-hydroxylation sites is 1. The van der Waals surface area contributed by atoms with E-state index >= 15 is 0 Å². The maximum Gasteiger partial charge on any atom is 0.213 e. The smallest absolute Gasteiger partial charge is 0.213 e. The van der Waals surface area contributed by atoms with Crippen molar-refractivity contribution in [2.24, 2.45) is 0 Å². The SMILES string of the molecule is COc1cccc(-c2nnc(C)n2-c2c(C)cccc2OC)n1. The molecule has 3 rings (SSSR count). The van der Waals surface area contributed by atoms with Crippen molar-refractivity contribution in [2.45, 2.75) is 13.8 Å². The standard InChI is InChI=1S/C17H18N4O2/c1-11-7-5-9-14(22-3)16(11)21-12(2)19-20-17(21)13-8-6-10-15(18-13)23-4/h5-10H,1-4H3. The average molecular weight is 310 g/mol.